The molecule has 0 aromatic heterocycles. The molecule has 1 heterocycles. The van der Waals surface area contributed by atoms with E-state index in [1.165, 1.54) is 11.9 Å². The zero-order chi connectivity index (χ0) is 17.1. The van der Waals surface area contributed by atoms with Gasteiger partial charge in [-0.25, -0.2) is 4.79 Å². The Labute approximate surface area is 139 Å². The number of urea groups is 1. The van der Waals surface area contributed by atoms with E-state index in [0.717, 1.165) is 16.0 Å². The van der Waals surface area contributed by atoms with Crippen molar-refractivity contribution in [3.05, 3.63) is 54.6 Å². The average molecular weight is 323 g/mol. The van der Waals surface area contributed by atoms with Gasteiger partial charge in [-0.15, -0.1) is 0 Å². The molecule has 4 amide bonds. The normalized spacial score (nSPS) is 14.2. The fourth-order valence-electron chi connectivity index (χ4n) is 2.55. The number of nitrogens with zero attached hydrogens (tertiary/aromatic N) is 2. The van der Waals surface area contributed by atoms with Gasteiger partial charge in [-0.2, -0.15) is 0 Å². The van der Waals surface area contributed by atoms with Gasteiger partial charge in [-0.1, -0.05) is 42.5 Å². The first-order valence-electron chi connectivity index (χ1n) is 7.55. The Morgan fingerprint density at radius 3 is 2.21 bits per heavy atom. The number of anilines is 1. The number of likely N-dealkylation sites (N-methyl/N-ethyl adjacent to an activating group) is 1. The van der Waals surface area contributed by atoms with Gasteiger partial charge in [0.25, 0.3) is 5.91 Å². The van der Waals surface area contributed by atoms with Crippen LogP contribution in [0.15, 0.2) is 54.6 Å². The summed E-state index contributed by atoms with van der Waals surface area (Å²) in [4.78, 5) is 37.7. The summed E-state index contributed by atoms with van der Waals surface area (Å²) in [5.41, 5.74) is 2.75. The van der Waals surface area contributed by atoms with E-state index in [4.69, 9.17) is 0 Å². The number of hydrogen-bond donors (Lipinski definition) is 1. The van der Waals surface area contributed by atoms with Gasteiger partial charge in [-0.05, 0) is 23.3 Å². The summed E-state index contributed by atoms with van der Waals surface area (Å²) in [6.07, 6.45) is 0. The second-order valence-electron chi connectivity index (χ2n) is 5.61. The molecule has 0 saturated carbocycles. The van der Waals surface area contributed by atoms with E-state index in [2.05, 4.69) is 5.32 Å². The Kier molecular flexibility index (Phi) is 4.29. The van der Waals surface area contributed by atoms with Crippen molar-refractivity contribution in [2.75, 3.05) is 25.5 Å². The Bertz CT molecular complexity index is 772. The highest BCUT2D eigenvalue weighted by atomic mass is 16.2. The second-order valence-corrected chi connectivity index (χ2v) is 5.61. The Morgan fingerprint density at radius 1 is 1.00 bits per heavy atom. The fraction of sp³-hybridized carbons (Fsp3) is 0.167. The third-order valence-electron chi connectivity index (χ3n) is 3.81. The van der Waals surface area contributed by atoms with E-state index in [9.17, 15) is 14.4 Å². The van der Waals surface area contributed by atoms with Gasteiger partial charge in [0, 0.05) is 12.7 Å². The highest BCUT2D eigenvalue weighted by Crippen LogP contribution is 2.21. The predicted octanol–water partition coefficient (Wildman–Crippen LogP) is 2.19. The summed E-state index contributed by atoms with van der Waals surface area (Å²) in [6.45, 7) is -0.264. The lowest BCUT2D eigenvalue weighted by Gasteiger charge is -2.14. The number of carbonyl (C=O) groups excluding carboxylic acids is 3. The Balaban J connectivity index is 1.63. The lowest BCUT2D eigenvalue weighted by Crippen LogP contribution is -2.38. The molecule has 1 aliphatic heterocycles. The van der Waals surface area contributed by atoms with Crippen molar-refractivity contribution in [3.8, 4) is 11.1 Å². The van der Waals surface area contributed by atoms with Crippen molar-refractivity contribution in [2.45, 2.75) is 0 Å². The highest BCUT2D eigenvalue weighted by molar-refractivity contribution is 6.06. The standard InChI is InChI=1S/C18H17N3O3/c1-20-12-17(23)21(18(20)24)11-16(22)19-15-9-7-14(8-10-15)13-5-3-2-4-6-13/h2-10H,11-12H2,1H3,(H,19,22). The predicted molar refractivity (Wildman–Crippen MR) is 90.2 cm³/mol. The maximum atomic E-state index is 12.0. The van der Waals surface area contributed by atoms with Crippen LogP contribution in [0, 0.1) is 0 Å². The summed E-state index contributed by atoms with van der Waals surface area (Å²) in [7, 11) is 1.53. The van der Waals surface area contributed by atoms with Gasteiger partial charge in [-0.3, -0.25) is 14.5 Å². The average Bonchev–Trinajstić information content (AvgIpc) is 2.82. The first kappa shape index (κ1) is 15.7. The molecule has 2 aromatic rings. The monoisotopic (exact) mass is 323 g/mol. The highest BCUT2D eigenvalue weighted by Gasteiger charge is 2.34. The van der Waals surface area contributed by atoms with E-state index in [1.54, 1.807) is 12.1 Å². The summed E-state index contributed by atoms with van der Waals surface area (Å²) >= 11 is 0. The van der Waals surface area contributed by atoms with Gasteiger partial charge >= 0.3 is 6.03 Å². The molecule has 0 radical (unpaired) electrons. The molecule has 0 spiro atoms. The largest absolute Gasteiger partial charge is 0.327 e. The number of nitrogens with one attached hydrogen (secondary N) is 1. The molecule has 1 N–H and O–H groups in total. The van der Waals surface area contributed by atoms with Crippen LogP contribution < -0.4 is 5.32 Å². The first-order chi connectivity index (χ1) is 11.5. The van der Waals surface area contributed by atoms with Crippen LogP contribution in [0.25, 0.3) is 11.1 Å². The first-order valence-corrected chi connectivity index (χ1v) is 7.55. The van der Waals surface area contributed by atoms with Crippen molar-refractivity contribution in [1.29, 1.82) is 0 Å². The molecule has 6 heteroatoms. The van der Waals surface area contributed by atoms with Crippen molar-refractivity contribution < 1.29 is 14.4 Å². The molecule has 122 valence electrons. The molecule has 1 fully saturated rings. The molecule has 3 rings (SSSR count). The Morgan fingerprint density at radius 2 is 1.62 bits per heavy atom. The van der Waals surface area contributed by atoms with Crippen molar-refractivity contribution in [1.82, 2.24) is 9.80 Å². The summed E-state index contributed by atoms with van der Waals surface area (Å²) < 4.78 is 0. The van der Waals surface area contributed by atoms with Gasteiger partial charge in [0.05, 0.1) is 0 Å². The number of rotatable bonds is 4. The van der Waals surface area contributed by atoms with Gasteiger partial charge < -0.3 is 10.2 Å². The third-order valence-corrected chi connectivity index (χ3v) is 3.81. The van der Waals surface area contributed by atoms with Crippen LogP contribution in [0.3, 0.4) is 0 Å². The number of benzene rings is 2. The molecular formula is C18H17N3O3. The van der Waals surface area contributed by atoms with E-state index >= 15 is 0 Å². The minimum absolute atomic E-state index is 0.0118. The summed E-state index contributed by atoms with van der Waals surface area (Å²) in [6, 6.07) is 16.8. The molecule has 1 aliphatic rings. The van der Waals surface area contributed by atoms with Crippen molar-refractivity contribution >= 4 is 23.5 Å². The maximum absolute atomic E-state index is 12.0. The van der Waals surface area contributed by atoms with E-state index in [-0.39, 0.29) is 19.0 Å². The van der Waals surface area contributed by atoms with E-state index < -0.39 is 11.9 Å². The SMILES string of the molecule is CN1CC(=O)N(CC(=O)Nc2ccc(-c3ccccc3)cc2)C1=O. The molecule has 0 bridgehead atoms. The Hall–Kier alpha value is -3.15. The molecule has 1 saturated heterocycles. The van der Waals surface area contributed by atoms with Crippen LogP contribution in [-0.2, 0) is 9.59 Å². The third kappa shape index (κ3) is 3.27. The van der Waals surface area contributed by atoms with Gasteiger partial charge in [0.15, 0.2) is 0 Å². The van der Waals surface area contributed by atoms with Gasteiger partial charge in [0.1, 0.15) is 13.1 Å². The van der Waals surface area contributed by atoms with Crippen molar-refractivity contribution in [2.24, 2.45) is 0 Å². The number of hydrogen-bond acceptors (Lipinski definition) is 3. The smallest absolute Gasteiger partial charge is 0.325 e. The minimum Gasteiger partial charge on any atom is -0.325 e. The summed E-state index contributed by atoms with van der Waals surface area (Å²) in [5, 5.41) is 2.70. The molecule has 2 aromatic carbocycles. The maximum Gasteiger partial charge on any atom is 0.327 e. The van der Waals surface area contributed by atoms with Crippen LogP contribution >= 0.6 is 0 Å². The van der Waals surface area contributed by atoms with E-state index in [0.29, 0.717) is 5.69 Å². The molecule has 24 heavy (non-hydrogen) atoms. The molecule has 0 unspecified atom stereocenters. The number of carbonyl (C=O) groups is 3. The van der Waals surface area contributed by atoms with Crippen LogP contribution in [0.4, 0.5) is 10.5 Å². The van der Waals surface area contributed by atoms with Crippen LogP contribution in [0.1, 0.15) is 0 Å². The molecular weight excluding hydrogens is 306 g/mol. The lowest BCUT2D eigenvalue weighted by molar-refractivity contribution is -0.129. The van der Waals surface area contributed by atoms with E-state index in [1.807, 2.05) is 42.5 Å². The van der Waals surface area contributed by atoms with Crippen molar-refractivity contribution in [3.63, 3.8) is 0 Å². The quantitative estimate of drug-likeness (QED) is 0.877. The topological polar surface area (TPSA) is 69.7 Å². The number of imide groups is 1. The number of amides is 4. The molecule has 0 atom stereocenters. The van der Waals surface area contributed by atoms with Crippen LogP contribution in [-0.4, -0.2) is 47.8 Å². The zero-order valence-corrected chi connectivity index (χ0v) is 13.2. The zero-order valence-electron chi connectivity index (χ0n) is 13.2. The van der Waals surface area contributed by atoms with Gasteiger partial charge in [0.2, 0.25) is 5.91 Å². The fourth-order valence-corrected chi connectivity index (χ4v) is 2.55. The minimum atomic E-state index is -0.449. The van der Waals surface area contributed by atoms with Crippen LogP contribution in [0.2, 0.25) is 0 Å². The molecule has 0 aliphatic carbocycles. The molecule has 6 nitrogen and oxygen atoms in total. The second kappa shape index (κ2) is 6.54. The summed E-state index contributed by atoms with van der Waals surface area (Å²) in [5.74, 6) is -0.767. The van der Waals surface area contributed by atoms with Crippen LogP contribution in [0.5, 0.6) is 0 Å². The lowest BCUT2D eigenvalue weighted by atomic mass is 10.1.